The van der Waals surface area contributed by atoms with Crippen molar-refractivity contribution in [2.75, 3.05) is 0 Å². The molecule has 36 heavy (non-hydrogen) atoms. The molecule has 0 aliphatic rings. The van der Waals surface area contributed by atoms with Crippen molar-refractivity contribution >= 4 is 43.1 Å². The van der Waals surface area contributed by atoms with Crippen molar-refractivity contribution in [1.29, 1.82) is 5.26 Å². The van der Waals surface area contributed by atoms with Gasteiger partial charge >= 0.3 is 6.18 Å². The zero-order valence-electron chi connectivity index (χ0n) is 18.4. The van der Waals surface area contributed by atoms with Gasteiger partial charge in [-0.3, -0.25) is 0 Å². The normalized spacial score (nSPS) is 13.1. The summed E-state index contributed by atoms with van der Waals surface area (Å²) in [4.78, 5) is 7.37. The summed E-state index contributed by atoms with van der Waals surface area (Å²) in [5.74, 6) is 0. The molecular weight excluding hydrogens is 461 g/mol. The van der Waals surface area contributed by atoms with Gasteiger partial charge in [-0.25, -0.2) is 0 Å². The molecule has 0 aliphatic carbocycles. The number of fused-ring (bicyclic) bond motifs is 6. The second kappa shape index (κ2) is 7.76. The Morgan fingerprint density at radius 2 is 1.25 bits per heavy atom. The molecule has 0 heterocycles. The fourth-order valence-corrected chi connectivity index (χ4v) is 4.99. The molecule has 0 amide bonds. The van der Waals surface area contributed by atoms with Gasteiger partial charge in [0.25, 0.3) is 0 Å². The number of rotatable bonds is 1. The maximum absolute atomic E-state index is 13.0. The van der Waals surface area contributed by atoms with Gasteiger partial charge in [-0.15, -0.1) is 4.95 Å². The number of benzene rings is 4. The quantitative estimate of drug-likeness (QED) is 0.144. The van der Waals surface area contributed by atoms with Crippen molar-refractivity contribution in [3.05, 3.63) is 107 Å². The van der Waals surface area contributed by atoms with E-state index in [1.54, 1.807) is 0 Å². The van der Waals surface area contributed by atoms with Crippen molar-refractivity contribution in [2.45, 2.75) is 6.18 Å². The van der Waals surface area contributed by atoms with E-state index in [-0.39, 0.29) is 0 Å². The minimum atomic E-state index is -4.40. The van der Waals surface area contributed by atoms with Gasteiger partial charge in [0.05, 0.1) is 16.0 Å². The summed E-state index contributed by atoms with van der Waals surface area (Å²) in [7, 11) is 0. The lowest BCUT2D eigenvalue weighted by atomic mass is 10.0. The molecule has 0 fully saturated rings. The summed E-state index contributed by atoms with van der Waals surface area (Å²) in [5, 5.41) is 21.3. The summed E-state index contributed by atoms with van der Waals surface area (Å²) in [5.41, 5.74) is 0.640. The zero-order chi connectivity index (χ0) is 25.0. The van der Waals surface area contributed by atoms with E-state index < -0.39 is 11.7 Å². The Morgan fingerprint density at radius 3 is 1.89 bits per heavy atom. The first-order chi connectivity index (χ1) is 17.4. The summed E-state index contributed by atoms with van der Waals surface area (Å²) in [6, 6.07) is 22.3. The van der Waals surface area contributed by atoms with E-state index in [9.17, 15) is 18.4 Å². The Morgan fingerprint density at radius 1 is 0.667 bits per heavy atom. The van der Waals surface area contributed by atoms with E-state index in [1.807, 2.05) is 60.8 Å². The predicted octanol–water partition coefficient (Wildman–Crippen LogP) is 6.98. The van der Waals surface area contributed by atoms with Gasteiger partial charge in [0.1, 0.15) is 0 Å². The van der Waals surface area contributed by atoms with Crippen LogP contribution in [-0.2, 0) is 6.18 Å². The van der Waals surface area contributed by atoms with Gasteiger partial charge in [0, 0.05) is 21.5 Å². The van der Waals surface area contributed by atoms with Crippen LogP contribution in [0.25, 0.3) is 59.2 Å². The van der Waals surface area contributed by atoms with Crippen LogP contribution in [0.5, 0.6) is 0 Å². The second-order valence-corrected chi connectivity index (χ2v) is 8.43. The molecule has 170 valence electrons. The predicted molar refractivity (Wildman–Crippen MR) is 133 cm³/mol. The molecule has 0 unspecified atom stereocenters. The summed E-state index contributed by atoms with van der Waals surface area (Å²) < 4.78 is 39.0. The van der Waals surface area contributed by atoms with Crippen LogP contribution in [0.15, 0.2) is 89.0 Å². The van der Waals surface area contributed by atoms with Crippen LogP contribution in [0.2, 0.25) is 0 Å². The molecule has 6 aromatic rings. The van der Waals surface area contributed by atoms with Crippen molar-refractivity contribution in [2.24, 2.45) is 10.1 Å². The minimum absolute atomic E-state index is 0.509. The highest BCUT2D eigenvalue weighted by Crippen LogP contribution is 2.35. The van der Waals surface area contributed by atoms with E-state index in [0.29, 0.717) is 16.3 Å². The first-order valence-corrected chi connectivity index (χ1v) is 10.9. The Bertz CT molecular complexity index is 2050. The lowest BCUT2D eigenvalue weighted by Crippen LogP contribution is -2.04. The summed E-state index contributed by atoms with van der Waals surface area (Å²) in [6.07, 6.45) is -2.50. The molecule has 7 heteroatoms. The number of hydrogen-bond acceptors (Lipinski definition) is 3. The lowest BCUT2D eigenvalue weighted by Gasteiger charge is -2.08. The third-order valence-corrected chi connectivity index (χ3v) is 6.56. The molecule has 0 aromatic heterocycles. The molecule has 6 rings (SSSR count). The number of hydrogen-bond donors (Lipinski definition) is 0. The van der Waals surface area contributed by atoms with E-state index in [2.05, 4.69) is 15.0 Å². The monoisotopic (exact) mass is 474 g/mol. The standard InChI is InChI=1S/C29H13F3N4/c1-34-36-28-24-12-17(16-6-9-18(10-7-16)29(30,31)32)8-11-20(24)23-13-25-22(14-26(23)28)19-4-2-3-5-21(19)27(25)35-15-33/h2-14H/b35-27?,36-28+. The number of halogens is 3. The molecule has 6 aromatic carbocycles. The Balaban J connectivity index is 1.67. The van der Waals surface area contributed by atoms with Crippen molar-refractivity contribution in [3.8, 4) is 17.3 Å². The molecule has 0 spiro atoms. The molecule has 4 nitrogen and oxygen atoms in total. The fourth-order valence-electron chi connectivity index (χ4n) is 4.99. The topological polar surface area (TPSA) is 52.9 Å². The highest BCUT2D eigenvalue weighted by molar-refractivity contribution is 6.21. The van der Waals surface area contributed by atoms with Crippen LogP contribution in [-0.4, -0.2) is 0 Å². The summed E-state index contributed by atoms with van der Waals surface area (Å²) >= 11 is 0. The fraction of sp³-hybridized carbons (Fsp3) is 0.0345. The second-order valence-electron chi connectivity index (χ2n) is 8.43. The number of alkyl halides is 3. The minimum Gasteiger partial charge on any atom is -0.181 e. The van der Waals surface area contributed by atoms with Gasteiger partial charge in [-0.2, -0.15) is 30.0 Å². The van der Waals surface area contributed by atoms with Crippen LogP contribution in [0.3, 0.4) is 0 Å². The maximum Gasteiger partial charge on any atom is 0.416 e. The largest absolute Gasteiger partial charge is 0.416 e. The van der Waals surface area contributed by atoms with Crippen molar-refractivity contribution in [1.82, 2.24) is 0 Å². The average molecular weight is 474 g/mol. The van der Waals surface area contributed by atoms with Gasteiger partial charge in [0.15, 0.2) is 5.36 Å². The van der Waals surface area contributed by atoms with Gasteiger partial charge < -0.3 is 0 Å². The van der Waals surface area contributed by atoms with Crippen molar-refractivity contribution < 1.29 is 13.2 Å². The van der Waals surface area contributed by atoms with Crippen LogP contribution in [0.4, 0.5) is 13.2 Å². The maximum atomic E-state index is 13.0. The zero-order valence-corrected chi connectivity index (χ0v) is 18.4. The molecule has 0 aliphatic heterocycles. The first-order valence-electron chi connectivity index (χ1n) is 10.9. The molecule has 0 N–H and O–H groups in total. The molecule has 0 bridgehead atoms. The van der Waals surface area contributed by atoms with E-state index >= 15 is 0 Å². The van der Waals surface area contributed by atoms with Crippen LogP contribution >= 0.6 is 0 Å². The molecule has 0 atom stereocenters. The Hall–Kier alpha value is -5.01. The van der Waals surface area contributed by atoms with E-state index in [0.717, 1.165) is 60.8 Å². The third kappa shape index (κ3) is 3.14. The van der Waals surface area contributed by atoms with Gasteiger partial charge in [0.2, 0.25) is 6.19 Å². The van der Waals surface area contributed by atoms with Gasteiger partial charge in [-0.1, -0.05) is 48.5 Å². The highest BCUT2D eigenvalue weighted by Gasteiger charge is 2.30. The lowest BCUT2D eigenvalue weighted by molar-refractivity contribution is -0.137. The third-order valence-electron chi connectivity index (χ3n) is 6.56. The molecule has 0 saturated carbocycles. The van der Waals surface area contributed by atoms with Crippen LogP contribution in [0, 0.1) is 18.0 Å². The molecule has 0 saturated heterocycles. The highest BCUT2D eigenvalue weighted by atomic mass is 19.4. The van der Waals surface area contributed by atoms with Gasteiger partial charge in [-0.05, 0) is 63.0 Å². The number of nitriles is 1. The van der Waals surface area contributed by atoms with E-state index in [4.69, 9.17) is 6.57 Å². The number of nitrogens with zero attached hydrogens (tertiary/aromatic N) is 4. The molecular formula is C29H13F3N4. The SMILES string of the molecule is [C-]#[N+]/N=c1\c2cc(-c3ccc(C(F)(F)F)cc3)ccc2c2cc3c(=NC#N)c4ccccc4c3cc12. The van der Waals surface area contributed by atoms with Crippen LogP contribution in [0.1, 0.15) is 5.56 Å². The molecule has 0 radical (unpaired) electrons. The first kappa shape index (κ1) is 21.5. The smallest absolute Gasteiger partial charge is 0.181 e. The average Bonchev–Trinajstić information content (AvgIpc) is 3.35. The van der Waals surface area contributed by atoms with E-state index in [1.165, 1.54) is 12.1 Å². The Labute approximate surface area is 202 Å². The van der Waals surface area contributed by atoms with Crippen LogP contribution < -0.4 is 10.7 Å². The Kier molecular flexibility index (Phi) is 4.64. The van der Waals surface area contributed by atoms with Crippen molar-refractivity contribution in [3.63, 3.8) is 0 Å². The summed E-state index contributed by atoms with van der Waals surface area (Å²) in [6.45, 7) is 7.38.